The van der Waals surface area contributed by atoms with Crippen molar-refractivity contribution in [1.29, 1.82) is 0 Å². The van der Waals surface area contributed by atoms with E-state index in [-0.39, 0.29) is 6.10 Å². The molecular formula is C12H14N2O4. The second-order valence-electron chi connectivity index (χ2n) is 3.97. The van der Waals surface area contributed by atoms with E-state index in [1.54, 1.807) is 18.2 Å². The van der Waals surface area contributed by atoms with Crippen LogP contribution in [0.2, 0.25) is 0 Å². The van der Waals surface area contributed by atoms with Gasteiger partial charge >= 0.3 is 11.8 Å². The van der Waals surface area contributed by atoms with Gasteiger partial charge in [-0.15, -0.1) is 0 Å². The number of H-pyrrole nitrogens is 1. The zero-order valence-electron chi connectivity index (χ0n) is 10.1. The number of rotatable bonds is 3. The molecular weight excluding hydrogens is 236 g/mol. The van der Waals surface area contributed by atoms with Crippen molar-refractivity contribution in [1.82, 2.24) is 4.98 Å². The lowest BCUT2D eigenvalue weighted by molar-refractivity contribution is 0.118. The van der Waals surface area contributed by atoms with Gasteiger partial charge in [0.05, 0.1) is 5.52 Å². The molecule has 2 N–H and O–H groups in total. The molecule has 6 nitrogen and oxygen atoms in total. The van der Waals surface area contributed by atoms with Crippen LogP contribution >= 0.6 is 0 Å². The summed E-state index contributed by atoms with van der Waals surface area (Å²) in [5.74, 6) is -0.524. The molecule has 0 saturated carbocycles. The number of aromatic nitrogens is 1. The number of hydrogen-bond donors (Lipinski definition) is 2. The van der Waals surface area contributed by atoms with E-state index in [4.69, 9.17) is 9.15 Å². The molecule has 1 atom stereocenters. The van der Waals surface area contributed by atoms with Crippen LogP contribution in [0.3, 0.4) is 0 Å². The Morgan fingerprint density at radius 3 is 3.06 bits per heavy atom. The number of oxazole rings is 1. The fraction of sp³-hybridized carbons (Fsp3) is 0.333. The predicted octanol–water partition coefficient (Wildman–Crippen LogP) is 2.47. The van der Waals surface area contributed by atoms with Crippen LogP contribution in [0.15, 0.2) is 27.4 Å². The number of carbonyl (C=O) groups is 1. The Hall–Kier alpha value is -2.24. The van der Waals surface area contributed by atoms with Crippen LogP contribution in [0.4, 0.5) is 10.5 Å². The fourth-order valence-corrected chi connectivity index (χ4v) is 1.44. The van der Waals surface area contributed by atoms with E-state index in [1.807, 2.05) is 13.8 Å². The normalized spacial score (nSPS) is 12.3. The van der Waals surface area contributed by atoms with Crippen LogP contribution < -0.4 is 11.1 Å². The predicted molar refractivity (Wildman–Crippen MR) is 66.7 cm³/mol. The fourth-order valence-electron chi connectivity index (χ4n) is 1.44. The number of amides is 1. The lowest BCUT2D eigenvalue weighted by Gasteiger charge is -2.11. The lowest BCUT2D eigenvalue weighted by Crippen LogP contribution is -2.19. The monoisotopic (exact) mass is 250 g/mol. The third-order valence-electron chi connectivity index (χ3n) is 2.55. The summed E-state index contributed by atoms with van der Waals surface area (Å²) in [6.07, 6.45) is 0.0829. The summed E-state index contributed by atoms with van der Waals surface area (Å²) < 4.78 is 9.96. The van der Waals surface area contributed by atoms with Crippen molar-refractivity contribution in [3.8, 4) is 0 Å². The van der Waals surface area contributed by atoms with Crippen LogP contribution in [0.25, 0.3) is 11.1 Å². The lowest BCUT2D eigenvalue weighted by atomic mass is 10.3. The number of anilines is 1. The van der Waals surface area contributed by atoms with Gasteiger partial charge in [0.15, 0.2) is 5.58 Å². The van der Waals surface area contributed by atoms with E-state index < -0.39 is 11.8 Å². The number of aromatic amines is 1. The Morgan fingerprint density at radius 2 is 2.33 bits per heavy atom. The molecule has 1 heterocycles. The van der Waals surface area contributed by atoms with Gasteiger partial charge in [-0.2, -0.15) is 0 Å². The standard InChI is InChI=1S/C12H14N2O4/c1-3-7(2)17-11(15)13-8-4-5-9-10(6-8)18-12(16)14-9/h4-7H,3H2,1-2H3,(H,13,15)(H,14,16). The number of nitrogens with one attached hydrogen (secondary N) is 2. The molecule has 96 valence electrons. The van der Waals surface area contributed by atoms with E-state index in [0.29, 0.717) is 16.8 Å². The zero-order chi connectivity index (χ0) is 13.1. The molecule has 1 aromatic heterocycles. The largest absolute Gasteiger partial charge is 0.446 e. The number of ether oxygens (including phenoxy) is 1. The second-order valence-corrected chi connectivity index (χ2v) is 3.97. The van der Waals surface area contributed by atoms with Gasteiger partial charge in [-0.05, 0) is 25.5 Å². The Morgan fingerprint density at radius 1 is 1.56 bits per heavy atom. The molecule has 1 amide bonds. The van der Waals surface area contributed by atoms with Crippen molar-refractivity contribution in [2.75, 3.05) is 5.32 Å². The summed E-state index contributed by atoms with van der Waals surface area (Å²) in [6.45, 7) is 3.74. The molecule has 2 aromatic rings. The van der Waals surface area contributed by atoms with Crippen LogP contribution in [-0.4, -0.2) is 17.2 Å². The van der Waals surface area contributed by atoms with Crippen LogP contribution in [-0.2, 0) is 4.74 Å². The zero-order valence-corrected chi connectivity index (χ0v) is 10.1. The maximum atomic E-state index is 11.5. The Kier molecular flexibility index (Phi) is 3.36. The first-order chi connectivity index (χ1) is 8.58. The van der Waals surface area contributed by atoms with Crippen LogP contribution in [0.5, 0.6) is 0 Å². The minimum atomic E-state index is -0.526. The molecule has 0 aliphatic rings. The highest BCUT2D eigenvalue weighted by Crippen LogP contribution is 2.16. The maximum absolute atomic E-state index is 11.5. The quantitative estimate of drug-likeness (QED) is 0.876. The van der Waals surface area contributed by atoms with E-state index in [1.165, 1.54) is 0 Å². The summed E-state index contributed by atoms with van der Waals surface area (Å²) in [5, 5.41) is 2.57. The Bertz CT molecular complexity index is 614. The first-order valence-corrected chi connectivity index (χ1v) is 5.69. The molecule has 1 unspecified atom stereocenters. The molecule has 0 aliphatic heterocycles. The summed E-state index contributed by atoms with van der Waals surface area (Å²) in [6, 6.07) is 4.87. The van der Waals surface area contributed by atoms with E-state index in [0.717, 1.165) is 6.42 Å². The van der Waals surface area contributed by atoms with Crippen molar-refractivity contribution >= 4 is 22.9 Å². The molecule has 6 heteroatoms. The van der Waals surface area contributed by atoms with Gasteiger partial charge in [-0.1, -0.05) is 6.92 Å². The molecule has 0 fully saturated rings. The smallest absolute Gasteiger partial charge is 0.417 e. The first-order valence-electron chi connectivity index (χ1n) is 5.69. The maximum Gasteiger partial charge on any atom is 0.417 e. The van der Waals surface area contributed by atoms with Crippen molar-refractivity contribution in [2.45, 2.75) is 26.4 Å². The highest BCUT2D eigenvalue weighted by Gasteiger charge is 2.09. The van der Waals surface area contributed by atoms with Crippen molar-refractivity contribution in [3.05, 3.63) is 28.7 Å². The van der Waals surface area contributed by atoms with Crippen LogP contribution in [0.1, 0.15) is 20.3 Å². The van der Waals surface area contributed by atoms with Gasteiger partial charge in [-0.3, -0.25) is 10.3 Å². The summed E-state index contributed by atoms with van der Waals surface area (Å²) in [4.78, 5) is 25.0. The molecule has 1 aromatic carbocycles. The van der Waals surface area contributed by atoms with E-state index >= 15 is 0 Å². The van der Waals surface area contributed by atoms with Gasteiger partial charge in [-0.25, -0.2) is 9.59 Å². The van der Waals surface area contributed by atoms with Crippen molar-refractivity contribution in [3.63, 3.8) is 0 Å². The van der Waals surface area contributed by atoms with E-state index in [2.05, 4.69) is 10.3 Å². The SMILES string of the molecule is CCC(C)OC(=O)Nc1ccc2[nH]c(=O)oc2c1. The molecule has 0 radical (unpaired) electrons. The third kappa shape index (κ3) is 2.71. The topological polar surface area (TPSA) is 84.3 Å². The average Bonchev–Trinajstić information content (AvgIpc) is 2.68. The molecule has 18 heavy (non-hydrogen) atoms. The molecule has 0 saturated heterocycles. The van der Waals surface area contributed by atoms with Gasteiger partial charge in [0, 0.05) is 11.8 Å². The number of carbonyl (C=O) groups excluding carboxylic acids is 1. The molecule has 0 spiro atoms. The first kappa shape index (κ1) is 12.2. The molecule has 2 rings (SSSR count). The van der Waals surface area contributed by atoms with Crippen molar-refractivity contribution in [2.24, 2.45) is 0 Å². The second kappa shape index (κ2) is 4.95. The van der Waals surface area contributed by atoms with Gasteiger partial charge < -0.3 is 9.15 Å². The van der Waals surface area contributed by atoms with Crippen molar-refractivity contribution < 1.29 is 13.9 Å². The average molecular weight is 250 g/mol. The minimum absolute atomic E-state index is 0.140. The summed E-state index contributed by atoms with van der Waals surface area (Å²) in [5.41, 5.74) is 1.49. The molecule has 0 bridgehead atoms. The Balaban J connectivity index is 2.11. The summed E-state index contributed by atoms with van der Waals surface area (Å²) in [7, 11) is 0. The Labute approximate surface area is 103 Å². The number of fused-ring (bicyclic) bond motifs is 1. The number of hydrogen-bond acceptors (Lipinski definition) is 4. The highest BCUT2D eigenvalue weighted by atomic mass is 16.6. The number of benzene rings is 1. The summed E-state index contributed by atoms with van der Waals surface area (Å²) >= 11 is 0. The van der Waals surface area contributed by atoms with Gasteiger partial charge in [0.25, 0.3) is 0 Å². The van der Waals surface area contributed by atoms with Gasteiger partial charge in [0.2, 0.25) is 0 Å². The van der Waals surface area contributed by atoms with Gasteiger partial charge in [0.1, 0.15) is 6.10 Å². The minimum Gasteiger partial charge on any atom is -0.446 e. The third-order valence-corrected chi connectivity index (χ3v) is 2.55. The highest BCUT2D eigenvalue weighted by molar-refractivity contribution is 5.88. The van der Waals surface area contributed by atoms with E-state index in [9.17, 15) is 9.59 Å². The molecule has 0 aliphatic carbocycles. The van der Waals surface area contributed by atoms with Crippen LogP contribution in [0, 0.1) is 0 Å².